The Bertz CT molecular complexity index is 853. The van der Waals surface area contributed by atoms with Crippen LogP contribution in [-0.2, 0) is 4.74 Å². The standard InChI is InChI=1S/C18H17ClN6O2/c1-2-27-18(26)25-8-6-24(7-9-25)17-14(19)4-3-5-15(17)23-16(12-22)13(10-20)11-21/h3-5,23H,2,6-9H2,1H3. The molecule has 0 aromatic heterocycles. The van der Waals surface area contributed by atoms with Gasteiger partial charge >= 0.3 is 6.09 Å². The van der Waals surface area contributed by atoms with Gasteiger partial charge in [0, 0.05) is 26.2 Å². The molecule has 0 aliphatic carbocycles. The molecule has 27 heavy (non-hydrogen) atoms. The Morgan fingerprint density at radius 3 is 2.41 bits per heavy atom. The number of carbonyl (C=O) groups is 1. The van der Waals surface area contributed by atoms with Crippen LogP contribution in [0.3, 0.4) is 0 Å². The summed E-state index contributed by atoms with van der Waals surface area (Å²) in [6, 6.07) is 10.4. The van der Waals surface area contributed by atoms with Gasteiger partial charge in [0.05, 0.1) is 23.0 Å². The molecule has 2 rings (SSSR count). The maximum atomic E-state index is 11.8. The first kappa shape index (κ1) is 19.9. The third kappa shape index (κ3) is 4.61. The Labute approximate surface area is 162 Å². The van der Waals surface area contributed by atoms with Crippen molar-refractivity contribution >= 4 is 29.1 Å². The summed E-state index contributed by atoms with van der Waals surface area (Å²) in [5.74, 6) is 0. The number of carbonyl (C=O) groups excluding carboxylic acids is 1. The van der Waals surface area contributed by atoms with Crippen LogP contribution in [0, 0.1) is 34.0 Å². The topological polar surface area (TPSA) is 116 Å². The van der Waals surface area contributed by atoms with Crippen molar-refractivity contribution in [3.63, 3.8) is 0 Å². The van der Waals surface area contributed by atoms with Crippen molar-refractivity contribution in [3.8, 4) is 18.2 Å². The normalized spacial score (nSPS) is 13.0. The number of hydrogen-bond acceptors (Lipinski definition) is 7. The van der Waals surface area contributed by atoms with Gasteiger partial charge in [0.25, 0.3) is 0 Å². The van der Waals surface area contributed by atoms with Crippen molar-refractivity contribution in [2.24, 2.45) is 0 Å². The number of nitrogens with zero attached hydrogens (tertiary/aromatic N) is 5. The number of nitrogens with one attached hydrogen (secondary N) is 1. The highest BCUT2D eigenvalue weighted by molar-refractivity contribution is 6.34. The molecule has 9 heteroatoms. The van der Waals surface area contributed by atoms with Gasteiger partial charge in [0.2, 0.25) is 0 Å². The van der Waals surface area contributed by atoms with Crippen molar-refractivity contribution in [1.82, 2.24) is 4.90 Å². The highest BCUT2D eigenvalue weighted by Crippen LogP contribution is 2.35. The molecule has 1 amide bonds. The number of piperazine rings is 1. The average Bonchev–Trinajstić information content (AvgIpc) is 2.68. The van der Waals surface area contributed by atoms with Crippen LogP contribution in [0.4, 0.5) is 16.2 Å². The number of para-hydroxylation sites is 1. The van der Waals surface area contributed by atoms with E-state index >= 15 is 0 Å². The number of ether oxygens (including phenoxy) is 1. The minimum absolute atomic E-state index is 0.145. The summed E-state index contributed by atoms with van der Waals surface area (Å²) in [7, 11) is 0. The maximum Gasteiger partial charge on any atom is 0.409 e. The van der Waals surface area contributed by atoms with Gasteiger partial charge in [0.15, 0.2) is 5.57 Å². The van der Waals surface area contributed by atoms with Crippen LogP contribution in [-0.4, -0.2) is 43.8 Å². The molecule has 0 bridgehead atoms. The van der Waals surface area contributed by atoms with Gasteiger partial charge in [-0.1, -0.05) is 17.7 Å². The lowest BCUT2D eigenvalue weighted by Gasteiger charge is -2.36. The number of benzene rings is 1. The van der Waals surface area contributed by atoms with Crippen LogP contribution in [0.2, 0.25) is 5.02 Å². The second-order valence-electron chi connectivity index (χ2n) is 5.52. The molecule has 1 aliphatic heterocycles. The third-order valence-corrected chi connectivity index (χ3v) is 4.26. The van der Waals surface area contributed by atoms with E-state index in [4.69, 9.17) is 26.9 Å². The minimum atomic E-state index is -0.350. The predicted molar refractivity (Wildman–Crippen MR) is 99.7 cm³/mol. The van der Waals surface area contributed by atoms with Crippen molar-refractivity contribution in [2.45, 2.75) is 6.92 Å². The van der Waals surface area contributed by atoms with Crippen LogP contribution < -0.4 is 10.2 Å². The van der Waals surface area contributed by atoms with Crippen LogP contribution in [0.5, 0.6) is 0 Å². The Morgan fingerprint density at radius 1 is 1.19 bits per heavy atom. The largest absolute Gasteiger partial charge is 0.450 e. The fraction of sp³-hybridized carbons (Fsp3) is 0.333. The lowest BCUT2D eigenvalue weighted by atomic mass is 10.2. The molecule has 1 aromatic rings. The molecule has 138 valence electrons. The molecular weight excluding hydrogens is 368 g/mol. The van der Waals surface area contributed by atoms with Crippen LogP contribution in [0.1, 0.15) is 6.92 Å². The average molecular weight is 385 g/mol. The summed E-state index contributed by atoms with van der Waals surface area (Å²) in [6.45, 7) is 4.05. The zero-order valence-corrected chi connectivity index (χ0v) is 15.5. The molecule has 1 N–H and O–H groups in total. The molecule has 1 heterocycles. The van der Waals surface area contributed by atoms with Gasteiger partial charge < -0.3 is 19.9 Å². The van der Waals surface area contributed by atoms with Crippen molar-refractivity contribution in [3.05, 3.63) is 34.5 Å². The predicted octanol–water partition coefficient (Wildman–Crippen LogP) is 2.86. The number of nitriles is 3. The van der Waals surface area contributed by atoms with E-state index < -0.39 is 0 Å². The van der Waals surface area contributed by atoms with E-state index in [0.29, 0.717) is 49.2 Å². The third-order valence-electron chi connectivity index (χ3n) is 3.95. The highest BCUT2D eigenvalue weighted by atomic mass is 35.5. The van der Waals surface area contributed by atoms with E-state index in [9.17, 15) is 10.1 Å². The van der Waals surface area contributed by atoms with Gasteiger partial charge in [-0.25, -0.2) is 4.79 Å². The number of anilines is 2. The van der Waals surface area contributed by atoms with Crippen LogP contribution in [0.15, 0.2) is 29.5 Å². The summed E-state index contributed by atoms with van der Waals surface area (Å²) >= 11 is 6.37. The fourth-order valence-electron chi connectivity index (χ4n) is 2.68. The number of rotatable bonds is 4. The molecule has 1 saturated heterocycles. The number of halogens is 1. The number of hydrogen-bond donors (Lipinski definition) is 1. The zero-order chi connectivity index (χ0) is 19.8. The van der Waals surface area contributed by atoms with Gasteiger partial charge in [-0.3, -0.25) is 0 Å². The van der Waals surface area contributed by atoms with E-state index in [1.807, 2.05) is 11.0 Å². The lowest BCUT2D eigenvalue weighted by Crippen LogP contribution is -2.49. The summed E-state index contributed by atoms with van der Waals surface area (Å²) in [5.41, 5.74) is 0.696. The number of allylic oxidation sites excluding steroid dienone is 2. The molecule has 1 aliphatic rings. The van der Waals surface area contributed by atoms with E-state index in [1.54, 1.807) is 42.2 Å². The lowest BCUT2D eigenvalue weighted by molar-refractivity contribution is 0.105. The summed E-state index contributed by atoms with van der Waals surface area (Å²) in [6.07, 6.45) is -0.350. The molecule has 0 unspecified atom stereocenters. The van der Waals surface area contributed by atoms with Crippen molar-refractivity contribution < 1.29 is 9.53 Å². The fourth-order valence-corrected chi connectivity index (χ4v) is 2.98. The minimum Gasteiger partial charge on any atom is -0.450 e. The maximum absolute atomic E-state index is 11.8. The van der Waals surface area contributed by atoms with Gasteiger partial charge in [-0.05, 0) is 19.1 Å². The van der Waals surface area contributed by atoms with E-state index in [0.717, 1.165) is 0 Å². The molecule has 1 aromatic carbocycles. The molecule has 0 radical (unpaired) electrons. The summed E-state index contributed by atoms with van der Waals surface area (Å²) < 4.78 is 5.01. The van der Waals surface area contributed by atoms with Crippen molar-refractivity contribution in [1.29, 1.82) is 15.8 Å². The van der Waals surface area contributed by atoms with E-state index in [2.05, 4.69) is 5.32 Å². The quantitative estimate of drug-likeness (QED) is 0.793. The Kier molecular flexibility index (Phi) is 6.88. The Hall–Kier alpha value is -3.41. The second-order valence-corrected chi connectivity index (χ2v) is 5.93. The number of amides is 1. The Balaban J connectivity index is 2.26. The molecular formula is C18H17ClN6O2. The smallest absolute Gasteiger partial charge is 0.409 e. The first-order valence-corrected chi connectivity index (χ1v) is 8.60. The van der Waals surface area contributed by atoms with Crippen LogP contribution in [0.25, 0.3) is 0 Å². The molecule has 0 saturated carbocycles. The van der Waals surface area contributed by atoms with Gasteiger partial charge in [-0.15, -0.1) is 0 Å². The molecule has 0 spiro atoms. The molecule has 1 fully saturated rings. The summed E-state index contributed by atoms with van der Waals surface area (Å²) in [5, 5.41) is 30.5. The zero-order valence-electron chi connectivity index (χ0n) is 14.7. The van der Waals surface area contributed by atoms with Crippen molar-refractivity contribution in [2.75, 3.05) is 43.0 Å². The van der Waals surface area contributed by atoms with Crippen LogP contribution >= 0.6 is 11.6 Å². The molecule has 8 nitrogen and oxygen atoms in total. The first-order chi connectivity index (χ1) is 13.0. The monoisotopic (exact) mass is 384 g/mol. The summed E-state index contributed by atoms with van der Waals surface area (Å²) in [4.78, 5) is 15.4. The molecule has 0 atom stereocenters. The SMILES string of the molecule is CCOC(=O)N1CCN(c2c(Cl)cccc2NC(C#N)=C(C#N)C#N)CC1. The van der Waals surface area contributed by atoms with Gasteiger partial charge in [0.1, 0.15) is 23.9 Å². The van der Waals surface area contributed by atoms with E-state index in [1.165, 1.54) is 0 Å². The van der Waals surface area contributed by atoms with Gasteiger partial charge in [-0.2, -0.15) is 15.8 Å². The highest BCUT2D eigenvalue weighted by Gasteiger charge is 2.25. The second kappa shape index (κ2) is 9.33. The van der Waals surface area contributed by atoms with E-state index in [-0.39, 0.29) is 17.4 Å². The first-order valence-electron chi connectivity index (χ1n) is 8.22. The Morgan fingerprint density at radius 2 is 1.85 bits per heavy atom.